The third-order valence-corrected chi connectivity index (χ3v) is 6.04. The summed E-state index contributed by atoms with van der Waals surface area (Å²) in [7, 11) is 1.80. The number of hydrogen-bond donors (Lipinski definition) is 1. The van der Waals surface area contributed by atoms with E-state index in [2.05, 4.69) is 16.8 Å². The molecule has 1 aromatic carbocycles. The summed E-state index contributed by atoms with van der Waals surface area (Å²) >= 11 is 0. The zero-order valence-corrected chi connectivity index (χ0v) is 15.1. The van der Waals surface area contributed by atoms with Crippen LogP contribution in [-0.2, 0) is 16.0 Å². The second-order valence-corrected chi connectivity index (χ2v) is 7.47. The van der Waals surface area contributed by atoms with Crippen LogP contribution in [0.5, 0.6) is 0 Å². The van der Waals surface area contributed by atoms with Crippen molar-refractivity contribution in [2.75, 3.05) is 26.8 Å². The van der Waals surface area contributed by atoms with E-state index in [1.54, 1.807) is 13.2 Å². The molecular weight excluding hydrogens is 319 g/mol. The smallest absolute Gasteiger partial charge is 0.123 e. The molecule has 0 saturated carbocycles. The number of benzene rings is 1. The van der Waals surface area contributed by atoms with Gasteiger partial charge in [-0.3, -0.25) is 4.90 Å². The number of ether oxygens (including phenoxy) is 2. The Labute approximate surface area is 148 Å². The van der Waals surface area contributed by atoms with Gasteiger partial charge in [-0.15, -0.1) is 0 Å². The normalized spacial score (nSPS) is 24.2. The monoisotopic (exact) mass is 346 g/mol. The number of aromatic amines is 1. The average molecular weight is 346 g/mol. The first-order chi connectivity index (χ1) is 12.1. The number of aryl methyl sites for hydroxylation is 1. The molecule has 0 radical (unpaired) electrons. The lowest BCUT2D eigenvalue weighted by Gasteiger charge is -2.48. The van der Waals surface area contributed by atoms with Crippen molar-refractivity contribution in [3.8, 4) is 0 Å². The number of fused-ring (bicyclic) bond motifs is 1. The van der Waals surface area contributed by atoms with E-state index in [1.807, 2.05) is 6.07 Å². The molecule has 3 heterocycles. The number of nitrogens with zero attached hydrogens (tertiary/aromatic N) is 1. The van der Waals surface area contributed by atoms with Crippen molar-refractivity contribution in [2.24, 2.45) is 0 Å². The van der Waals surface area contributed by atoms with Crippen LogP contribution >= 0.6 is 0 Å². The molecule has 1 aromatic heterocycles. The largest absolute Gasteiger partial charge is 0.378 e. The summed E-state index contributed by atoms with van der Waals surface area (Å²) in [5.41, 5.74) is 3.24. The molecule has 2 aliphatic rings. The highest BCUT2D eigenvalue weighted by molar-refractivity contribution is 5.84. The molecule has 1 spiro atoms. The maximum absolute atomic E-state index is 13.7. The summed E-state index contributed by atoms with van der Waals surface area (Å²) in [6.07, 6.45) is 4.40. The Bertz CT molecular complexity index is 749. The van der Waals surface area contributed by atoms with Crippen molar-refractivity contribution in [3.63, 3.8) is 0 Å². The lowest BCUT2D eigenvalue weighted by Crippen LogP contribution is -2.55. The molecule has 1 atom stereocenters. The fourth-order valence-electron chi connectivity index (χ4n) is 4.57. The second kappa shape index (κ2) is 6.71. The zero-order chi connectivity index (χ0) is 17.4. The van der Waals surface area contributed by atoms with Gasteiger partial charge in [0.15, 0.2) is 0 Å². The van der Waals surface area contributed by atoms with Gasteiger partial charge >= 0.3 is 0 Å². The maximum atomic E-state index is 13.7. The van der Waals surface area contributed by atoms with Crippen molar-refractivity contribution in [3.05, 3.63) is 35.3 Å². The average Bonchev–Trinajstić information content (AvgIpc) is 2.92. The van der Waals surface area contributed by atoms with Gasteiger partial charge in [-0.25, -0.2) is 4.39 Å². The number of piperidine rings is 1. The zero-order valence-electron chi connectivity index (χ0n) is 15.1. The molecule has 25 heavy (non-hydrogen) atoms. The highest BCUT2D eigenvalue weighted by Gasteiger charge is 2.44. The van der Waals surface area contributed by atoms with Crippen LogP contribution in [0.15, 0.2) is 18.2 Å². The molecule has 2 saturated heterocycles. The van der Waals surface area contributed by atoms with Gasteiger partial charge in [-0.2, -0.15) is 0 Å². The number of rotatable bonds is 3. The first-order valence-electron chi connectivity index (χ1n) is 9.27. The number of likely N-dealkylation sites (tertiary alicyclic amines) is 1. The minimum Gasteiger partial charge on any atom is -0.378 e. The fraction of sp³-hybridized carbons (Fsp3) is 0.600. The van der Waals surface area contributed by atoms with Gasteiger partial charge in [-0.1, -0.05) is 0 Å². The lowest BCUT2D eigenvalue weighted by atomic mass is 9.81. The molecule has 136 valence electrons. The molecular formula is C20H27FN2O2. The topological polar surface area (TPSA) is 37.5 Å². The first-order valence-corrected chi connectivity index (χ1v) is 9.27. The van der Waals surface area contributed by atoms with Gasteiger partial charge in [-0.05, 0) is 56.4 Å². The molecule has 5 heteroatoms. The van der Waals surface area contributed by atoms with Crippen LogP contribution in [0.1, 0.15) is 36.9 Å². The Kier molecular flexibility index (Phi) is 4.56. The summed E-state index contributed by atoms with van der Waals surface area (Å²) in [5, 5.41) is 1.00. The quantitative estimate of drug-likeness (QED) is 0.919. The summed E-state index contributed by atoms with van der Waals surface area (Å²) in [6, 6.07) is 4.98. The van der Waals surface area contributed by atoms with Gasteiger partial charge in [0.1, 0.15) is 5.82 Å². The molecule has 1 N–H and O–H groups in total. The van der Waals surface area contributed by atoms with Crippen molar-refractivity contribution in [1.82, 2.24) is 9.88 Å². The van der Waals surface area contributed by atoms with Gasteiger partial charge in [0.2, 0.25) is 0 Å². The third-order valence-electron chi connectivity index (χ3n) is 6.04. The van der Waals surface area contributed by atoms with E-state index < -0.39 is 0 Å². The summed E-state index contributed by atoms with van der Waals surface area (Å²) in [4.78, 5) is 5.83. The third kappa shape index (κ3) is 3.09. The molecule has 2 fully saturated rings. The van der Waals surface area contributed by atoms with Gasteiger partial charge < -0.3 is 14.5 Å². The standard InChI is InChI=1S/C20H27FN2O2/c1-14-17(16-12-15(21)5-6-18(16)22-14)13-23-9-7-20(8-10-23)19(24-2)4-3-11-25-20/h5-6,12,19,22H,3-4,7-11,13H2,1-2H3/t19-/m0/s1. The summed E-state index contributed by atoms with van der Waals surface area (Å²) in [5.74, 6) is -0.177. The molecule has 0 aliphatic carbocycles. The highest BCUT2D eigenvalue weighted by atomic mass is 19.1. The minimum absolute atomic E-state index is 0.106. The Morgan fingerprint density at radius 2 is 2.16 bits per heavy atom. The number of aromatic nitrogens is 1. The Balaban J connectivity index is 1.49. The van der Waals surface area contributed by atoms with Gasteiger partial charge in [0.25, 0.3) is 0 Å². The van der Waals surface area contributed by atoms with Crippen molar-refractivity contribution < 1.29 is 13.9 Å². The maximum Gasteiger partial charge on any atom is 0.123 e. The number of H-pyrrole nitrogens is 1. The van der Waals surface area contributed by atoms with Crippen LogP contribution in [0.25, 0.3) is 10.9 Å². The van der Waals surface area contributed by atoms with Crippen LogP contribution in [0.3, 0.4) is 0 Å². The highest BCUT2D eigenvalue weighted by Crippen LogP contribution is 2.37. The van der Waals surface area contributed by atoms with E-state index >= 15 is 0 Å². The summed E-state index contributed by atoms with van der Waals surface area (Å²) < 4.78 is 25.6. The lowest BCUT2D eigenvalue weighted by molar-refractivity contribution is -0.186. The van der Waals surface area contributed by atoms with Gasteiger partial charge in [0, 0.05) is 49.9 Å². The van der Waals surface area contributed by atoms with E-state index in [1.165, 1.54) is 11.6 Å². The number of methoxy groups -OCH3 is 1. The molecule has 0 amide bonds. The van der Waals surface area contributed by atoms with Gasteiger partial charge in [0.05, 0.1) is 11.7 Å². The van der Waals surface area contributed by atoms with Crippen molar-refractivity contribution in [2.45, 2.75) is 50.9 Å². The van der Waals surface area contributed by atoms with Crippen molar-refractivity contribution >= 4 is 10.9 Å². The predicted molar refractivity (Wildman–Crippen MR) is 96.2 cm³/mol. The van der Waals surface area contributed by atoms with Crippen LogP contribution in [0.4, 0.5) is 4.39 Å². The Hall–Kier alpha value is -1.43. The first kappa shape index (κ1) is 17.0. The van der Waals surface area contributed by atoms with Crippen LogP contribution < -0.4 is 0 Å². The molecule has 2 aromatic rings. The van der Waals surface area contributed by atoms with E-state index in [9.17, 15) is 4.39 Å². The van der Waals surface area contributed by atoms with E-state index in [0.717, 1.165) is 68.5 Å². The Morgan fingerprint density at radius 3 is 2.92 bits per heavy atom. The van der Waals surface area contributed by atoms with Crippen LogP contribution in [0, 0.1) is 12.7 Å². The number of nitrogens with one attached hydrogen (secondary N) is 1. The van der Waals surface area contributed by atoms with Crippen LogP contribution in [0.2, 0.25) is 0 Å². The van der Waals surface area contributed by atoms with E-state index in [0.29, 0.717) is 0 Å². The molecule has 4 rings (SSSR count). The SMILES string of the molecule is CO[C@H]1CCCOC12CCN(Cc1c(C)[nH]c3ccc(F)cc13)CC2. The van der Waals surface area contributed by atoms with Crippen molar-refractivity contribution in [1.29, 1.82) is 0 Å². The van der Waals surface area contributed by atoms with E-state index in [-0.39, 0.29) is 17.5 Å². The van der Waals surface area contributed by atoms with E-state index in [4.69, 9.17) is 9.47 Å². The molecule has 4 nitrogen and oxygen atoms in total. The molecule has 0 bridgehead atoms. The second-order valence-electron chi connectivity index (χ2n) is 7.47. The summed E-state index contributed by atoms with van der Waals surface area (Å²) in [6.45, 7) is 5.75. The number of halogens is 1. The molecule has 0 unspecified atom stereocenters. The minimum atomic E-state index is -0.177. The van der Waals surface area contributed by atoms with Crippen LogP contribution in [-0.4, -0.2) is 48.4 Å². The Morgan fingerprint density at radius 1 is 1.36 bits per heavy atom. The number of hydrogen-bond acceptors (Lipinski definition) is 3. The predicted octanol–water partition coefficient (Wildman–Crippen LogP) is 3.78. The molecule has 2 aliphatic heterocycles. The fourth-order valence-corrected chi connectivity index (χ4v) is 4.57.